The van der Waals surface area contributed by atoms with Crippen LogP contribution in [0.4, 0.5) is 0 Å². The molecule has 1 atom stereocenters. The number of thiophene rings is 1. The summed E-state index contributed by atoms with van der Waals surface area (Å²) in [6.07, 6.45) is 1.80. The number of halogens is 1. The Balaban J connectivity index is 2.10. The summed E-state index contributed by atoms with van der Waals surface area (Å²) in [7, 11) is 1.89. The number of carbonyl (C=O) groups excluding carboxylic acids is 1. The molecule has 0 aromatic carbocycles. The van der Waals surface area contributed by atoms with Gasteiger partial charge in [0, 0.05) is 18.3 Å². The number of nitrogens with zero attached hydrogens (tertiary/aromatic N) is 2. The van der Waals surface area contributed by atoms with E-state index in [1.807, 2.05) is 33.0 Å². The number of hydrogen-bond donors (Lipinski definition) is 1. The second-order valence-electron chi connectivity index (χ2n) is 4.11. The molecule has 0 aliphatic rings. The lowest BCUT2D eigenvalue weighted by Gasteiger charge is -2.12. The number of amides is 1. The third-order valence-corrected chi connectivity index (χ3v) is 4.51. The minimum Gasteiger partial charge on any atom is -0.345 e. The van der Waals surface area contributed by atoms with Gasteiger partial charge in [0.15, 0.2) is 0 Å². The highest BCUT2D eigenvalue weighted by Crippen LogP contribution is 2.23. The van der Waals surface area contributed by atoms with E-state index < -0.39 is 0 Å². The van der Waals surface area contributed by atoms with Gasteiger partial charge in [0.2, 0.25) is 0 Å². The molecule has 1 amide bonds. The molecule has 2 aromatic heterocycles. The Labute approximate surface area is 118 Å². The second kappa shape index (κ2) is 5.24. The van der Waals surface area contributed by atoms with Crippen molar-refractivity contribution in [2.24, 2.45) is 7.05 Å². The smallest absolute Gasteiger partial charge is 0.261 e. The molecule has 96 valence electrons. The van der Waals surface area contributed by atoms with Crippen molar-refractivity contribution in [1.82, 2.24) is 15.1 Å². The van der Waals surface area contributed by atoms with Crippen molar-refractivity contribution in [2.75, 3.05) is 0 Å². The fourth-order valence-corrected chi connectivity index (χ4v) is 3.01. The van der Waals surface area contributed by atoms with Gasteiger partial charge in [-0.2, -0.15) is 5.10 Å². The predicted octanol–water partition coefficient (Wildman–Crippen LogP) is 3.04. The molecule has 0 bridgehead atoms. The van der Waals surface area contributed by atoms with E-state index in [1.54, 1.807) is 10.9 Å². The maximum Gasteiger partial charge on any atom is 0.261 e. The highest BCUT2D eigenvalue weighted by molar-refractivity contribution is 9.11. The number of aromatic nitrogens is 2. The van der Waals surface area contributed by atoms with E-state index in [9.17, 15) is 4.79 Å². The summed E-state index contributed by atoms with van der Waals surface area (Å²) in [4.78, 5) is 12.7. The van der Waals surface area contributed by atoms with Crippen LogP contribution >= 0.6 is 27.3 Å². The quantitative estimate of drug-likeness (QED) is 0.941. The first-order valence-electron chi connectivity index (χ1n) is 5.53. The van der Waals surface area contributed by atoms with Crippen LogP contribution in [-0.2, 0) is 7.05 Å². The maximum absolute atomic E-state index is 12.0. The molecule has 0 saturated heterocycles. The van der Waals surface area contributed by atoms with Gasteiger partial charge >= 0.3 is 0 Å². The van der Waals surface area contributed by atoms with E-state index >= 15 is 0 Å². The summed E-state index contributed by atoms with van der Waals surface area (Å²) in [6, 6.07) is 3.64. The van der Waals surface area contributed by atoms with Gasteiger partial charge in [0.25, 0.3) is 5.91 Å². The summed E-state index contributed by atoms with van der Waals surface area (Å²) >= 11 is 4.78. The van der Waals surface area contributed by atoms with Crippen molar-refractivity contribution >= 4 is 33.2 Å². The van der Waals surface area contributed by atoms with Gasteiger partial charge in [-0.05, 0) is 41.9 Å². The molecule has 0 spiro atoms. The van der Waals surface area contributed by atoms with E-state index in [-0.39, 0.29) is 11.9 Å². The minimum absolute atomic E-state index is 0.0490. The molecule has 1 unspecified atom stereocenters. The molecular formula is C12H14BrN3OS. The van der Waals surface area contributed by atoms with Crippen LogP contribution in [0, 0.1) is 6.92 Å². The molecule has 2 aromatic rings. The molecule has 0 radical (unpaired) electrons. The number of aryl methyl sites for hydroxylation is 1. The first-order valence-corrected chi connectivity index (χ1v) is 7.14. The normalized spacial score (nSPS) is 12.4. The van der Waals surface area contributed by atoms with Crippen molar-refractivity contribution in [3.63, 3.8) is 0 Å². The van der Waals surface area contributed by atoms with E-state index in [2.05, 4.69) is 26.3 Å². The van der Waals surface area contributed by atoms with Crippen molar-refractivity contribution in [2.45, 2.75) is 19.9 Å². The van der Waals surface area contributed by atoms with Crippen LogP contribution in [0.5, 0.6) is 0 Å². The van der Waals surface area contributed by atoms with Gasteiger partial charge in [-0.15, -0.1) is 11.3 Å². The number of hydrogen-bond acceptors (Lipinski definition) is 3. The van der Waals surface area contributed by atoms with Gasteiger partial charge in [0.05, 0.1) is 20.9 Å². The average molecular weight is 328 g/mol. The standard InChI is InChI=1S/C12H14BrN3OS/c1-7(9-6-14-16(3)8(9)2)15-12(17)10-4-5-11(13)18-10/h4-7H,1-3H3,(H,15,17). The molecule has 0 aliphatic carbocycles. The lowest BCUT2D eigenvalue weighted by molar-refractivity contribution is 0.0944. The van der Waals surface area contributed by atoms with E-state index in [0.717, 1.165) is 15.0 Å². The fourth-order valence-electron chi connectivity index (χ4n) is 1.72. The molecule has 18 heavy (non-hydrogen) atoms. The summed E-state index contributed by atoms with van der Waals surface area (Å²) < 4.78 is 2.76. The largest absolute Gasteiger partial charge is 0.345 e. The highest BCUT2D eigenvalue weighted by atomic mass is 79.9. The molecule has 4 nitrogen and oxygen atoms in total. The maximum atomic E-state index is 12.0. The zero-order valence-corrected chi connectivity index (χ0v) is 12.8. The Bertz CT molecular complexity index is 576. The average Bonchev–Trinajstić information content (AvgIpc) is 2.87. The third-order valence-electron chi connectivity index (χ3n) is 2.88. The molecule has 0 fully saturated rings. The van der Waals surface area contributed by atoms with Crippen LogP contribution < -0.4 is 5.32 Å². The first kappa shape index (κ1) is 13.3. The Hall–Kier alpha value is -1.14. The van der Waals surface area contributed by atoms with Gasteiger partial charge in [0.1, 0.15) is 0 Å². The first-order chi connectivity index (χ1) is 8.49. The SMILES string of the molecule is Cc1c(C(C)NC(=O)c2ccc(Br)s2)cnn1C. The lowest BCUT2D eigenvalue weighted by Crippen LogP contribution is -2.26. The highest BCUT2D eigenvalue weighted by Gasteiger charge is 2.16. The molecule has 6 heteroatoms. The summed E-state index contributed by atoms with van der Waals surface area (Å²) in [6.45, 7) is 3.96. The van der Waals surface area contributed by atoms with Crippen LogP contribution in [0.3, 0.4) is 0 Å². The van der Waals surface area contributed by atoms with Crippen LogP contribution in [-0.4, -0.2) is 15.7 Å². The Kier molecular flexibility index (Phi) is 3.87. The summed E-state index contributed by atoms with van der Waals surface area (Å²) in [5.41, 5.74) is 2.11. The molecule has 2 heterocycles. The van der Waals surface area contributed by atoms with Crippen molar-refractivity contribution in [3.8, 4) is 0 Å². The van der Waals surface area contributed by atoms with Crippen LogP contribution in [0.1, 0.15) is 33.9 Å². The van der Waals surface area contributed by atoms with E-state index in [0.29, 0.717) is 4.88 Å². The van der Waals surface area contributed by atoms with Gasteiger partial charge in [-0.3, -0.25) is 9.48 Å². The fraction of sp³-hybridized carbons (Fsp3) is 0.333. The molecule has 1 N–H and O–H groups in total. The summed E-state index contributed by atoms with van der Waals surface area (Å²) in [5, 5.41) is 7.16. The van der Waals surface area contributed by atoms with Gasteiger partial charge < -0.3 is 5.32 Å². The molecular weight excluding hydrogens is 314 g/mol. The third kappa shape index (κ3) is 2.64. The van der Waals surface area contributed by atoms with Crippen molar-refractivity contribution < 1.29 is 4.79 Å². The van der Waals surface area contributed by atoms with Gasteiger partial charge in [-0.25, -0.2) is 0 Å². The Morgan fingerprint density at radius 2 is 2.28 bits per heavy atom. The zero-order chi connectivity index (χ0) is 13.3. The van der Waals surface area contributed by atoms with Crippen molar-refractivity contribution in [3.05, 3.63) is 38.3 Å². The molecule has 0 aliphatic heterocycles. The Morgan fingerprint density at radius 1 is 1.56 bits per heavy atom. The van der Waals surface area contributed by atoms with Crippen LogP contribution in [0.2, 0.25) is 0 Å². The second-order valence-corrected chi connectivity index (χ2v) is 6.57. The van der Waals surface area contributed by atoms with E-state index in [4.69, 9.17) is 0 Å². The predicted molar refractivity (Wildman–Crippen MR) is 75.8 cm³/mol. The monoisotopic (exact) mass is 327 g/mol. The summed E-state index contributed by atoms with van der Waals surface area (Å²) in [5.74, 6) is -0.0542. The zero-order valence-electron chi connectivity index (χ0n) is 10.4. The topological polar surface area (TPSA) is 46.9 Å². The van der Waals surface area contributed by atoms with Crippen molar-refractivity contribution in [1.29, 1.82) is 0 Å². The number of carbonyl (C=O) groups is 1. The number of nitrogens with one attached hydrogen (secondary N) is 1. The Morgan fingerprint density at radius 3 is 2.78 bits per heavy atom. The van der Waals surface area contributed by atoms with Crippen LogP contribution in [0.25, 0.3) is 0 Å². The molecule has 2 rings (SSSR count). The van der Waals surface area contributed by atoms with Gasteiger partial charge in [-0.1, -0.05) is 0 Å². The number of rotatable bonds is 3. The molecule has 0 saturated carbocycles. The van der Waals surface area contributed by atoms with E-state index in [1.165, 1.54) is 11.3 Å². The van der Waals surface area contributed by atoms with Crippen LogP contribution in [0.15, 0.2) is 22.1 Å². The minimum atomic E-state index is -0.0542. The lowest BCUT2D eigenvalue weighted by atomic mass is 10.1.